The first-order chi connectivity index (χ1) is 14.8. The Hall–Kier alpha value is -3.13. The molecule has 0 N–H and O–H groups in total. The summed E-state index contributed by atoms with van der Waals surface area (Å²) in [5.74, 6) is 3.19. The van der Waals surface area contributed by atoms with Crippen LogP contribution in [0.3, 0.4) is 0 Å². The van der Waals surface area contributed by atoms with Gasteiger partial charge in [-0.3, -0.25) is 4.57 Å². The van der Waals surface area contributed by atoms with Crippen LogP contribution in [0.15, 0.2) is 58.1 Å². The maximum absolute atomic E-state index is 5.50. The average molecular weight is 436 g/mol. The van der Waals surface area contributed by atoms with Crippen molar-refractivity contribution in [1.82, 2.24) is 25.0 Å². The molecule has 2 aromatic heterocycles. The Labute approximate surface area is 185 Å². The van der Waals surface area contributed by atoms with Crippen LogP contribution >= 0.6 is 11.8 Å². The standard InChI is InChI=1S/C23H25N5O2S/c1-15-24-25-20(30-15)14-31-22-27-26-21(16-6-8-17(9-7-16)23(2,3)4)28(22)18-10-12-19(29-5)13-11-18/h6-13H,14H2,1-5H3. The summed E-state index contributed by atoms with van der Waals surface area (Å²) < 4.78 is 12.9. The third-order valence-electron chi connectivity index (χ3n) is 4.87. The molecule has 0 saturated carbocycles. The lowest BCUT2D eigenvalue weighted by atomic mass is 9.87. The zero-order valence-corrected chi connectivity index (χ0v) is 19.1. The normalized spacial score (nSPS) is 11.6. The third-order valence-corrected chi connectivity index (χ3v) is 5.78. The predicted molar refractivity (Wildman–Crippen MR) is 121 cm³/mol. The molecule has 0 radical (unpaired) electrons. The fourth-order valence-corrected chi connectivity index (χ4v) is 3.94. The Morgan fingerprint density at radius 1 is 0.935 bits per heavy atom. The summed E-state index contributed by atoms with van der Waals surface area (Å²) in [4.78, 5) is 0. The fourth-order valence-electron chi connectivity index (χ4n) is 3.16. The van der Waals surface area contributed by atoms with E-state index >= 15 is 0 Å². The van der Waals surface area contributed by atoms with Crippen LogP contribution in [0.1, 0.15) is 38.1 Å². The first-order valence-electron chi connectivity index (χ1n) is 9.97. The lowest BCUT2D eigenvalue weighted by Crippen LogP contribution is -2.10. The van der Waals surface area contributed by atoms with Gasteiger partial charge in [-0.2, -0.15) is 0 Å². The van der Waals surface area contributed by atoms with Gasteiger partial charge in [0.2, 0.25) is 11.8 Å². The first kappa shape index (κ1) is 21.1. The van der Waals surface area contributed by atoms with Crippen LogP contribution in [0, 0.1) is 6.92 Å². The lowest BCUT2D eigenvalue weighted by Gasteiger charge is -2.19. The molecule has 0 aliphatic carbocycles. The van der Waals surface area contributed by atoms with Crippen molar-refractivity contribution in [2.24, 2.45) is 0 Å². The summed E-state index contributed by atoms with van der Waals surface area (Å²) in [5, 5.41) is 17.7. The molecule has 0 unspecified atom stereocenters. The van der Waals surface area contributed by atoms with E-state index in [1.807, 2.05) is 28.8 Å². The molecule has 2 heterocycles. The average Bonchev–Trinajstić information content (AvgIpc) is 3.37. The van der Waals surface area contributed by atoms with Gasteiger partial charge in [0, 0.05) is 18.2 Å². The Morgan fingerprint density at radius 2 is 1.65 bits per heavy atom. The minimum absolute atomic E-state index is 0.0887. The quantitative estimate of drug-likeness (QED) is 0.384. The third kappa shape index (κ3) is 4.64. The number of nitrogens with zero attached hydrogens (tertiary/aromatic N) is 5. The van der Waals surface area contributed by atoms with Crippen LogP contribution < -0.4 is 4.74 Å². The predicted octanol–water partition coefficient (Wildman–Crippen LogP) is 5.22. The maximum atomic E-state index is 5.50. The molecule has 4 rings (SSSR count). The van der Waals surface area contributed by atoms with Gasteiger partial charge >= 0.3 is 0 Å². The zero-order valence-electron chi connectivity index (χ0n) is 18.3. The summed E-state index contributed by atoms with van der Waals surface area (Å²) in [6, 6.07) is 16.3. The molecule has 0 saturated heterocycles. The van der Waals surface area contributed by atoms with Gasteiger partial charge in [0.05, 0.1) is 12.9 Å². The molecule has 7 nitrogen and oxygen atoms in total. The van der Waals surface area contributed by atoms with Gasteiger partial charge in [-0.1, -0.05) is 56.8 Å². The molecule has 8 heteroatoms. The Morgan fingerprint density at radius 3 is 2.23 bits per heavy atom. The van der Waals surface area contributed by atoms with Crippen LogP contribution in [0.2, 0.25) is 0 Å². The Balaban J connectivity index is 1.72. The van der Waals surface area contributed by atoms with Gasteiger partial charge in [0.1, 0.15) is 5.75 Å². The molecule has 0 atom stereocenters. The number of benzene rings is 2. The summed E-state index contributed by atoms with van der Waals surface area (Å²) >= 11 is 1.50. The zero-order chi connectivity index (χ0) is 22.0. The summed E-state index contributed by atoms with van der Waals surface area (Å²) in [7, 11) is 1.66. The van der Waals surface area contributed by atoms with Gasteiger partial charge in [-0.05, 0) is 35.2 Å². The molecule has 0 bridgehead atoms. The first-order valence-corrected chi connectivity index (χ1v) is 11.0. The summed E-state index contributed by atoms with van der Waals surface area (Å²) in [6.45, 7) is 8.39. The molecule has 0 amide bonds. The second-order valence-corrected chi connectivity index (χ2v) is 9.11. The van der Waals surface area contributed by atoms with Crippen LogP contribution in [0.5, 0.6) is 5.75 Å². The number of aryl methyl sites for hydroxylation is 1. The van der Waals surface area contributed by atoms with Crippen molar-refractivity contribution < 1.29 is 9.15 Å². The monoisotopic (exact) mass is 435 g/mol. The molecule has 4 aromatic rings. The van der Waals surface area contributed by atoms with E-state index in [0.717, 1.165) is 28.0 Å². The molecule has 0 fully saturated rings. The number of rotatable bonds is 6. The number of thioether (sulfide) groups is 1. The van der Waals surface area contributed by atoms with Gasteiger partial charge in [0.25, 0.3) is 0 Å². The topological polar surface area (TPSA) is 78.9 Å². The molecule has 2 aromatic carbocycles. The maximum Gasteiger partial charge on any atom is 0.226 e. The van der Waals surface area contributed by atoms with Crippen LogP contribution in [-0.2, 0) is 11.2 Å². The Bertz CT molecular complexity index is 1160. The number of hydrogen-bond donors (Lipinski definition) is 0. The largest absolute Gasteiger partial charge is 0.497 e. The van der Waals surface area contributed by atoms with Gasteiger partial charge in [-0.15, -0.1) is 20.4 Å². The van der Waals surface area contributed by atoms with E-state index < -0.39 is 0 Å². The number of hydrogen-bond acceptors (Lipinski definition) is 7. The number of ether oxygens (including phenoxy) is 1. The van der Waals surface area contributed by atoms with Crippen molar-refractivity contribution in [2.75, 3.05) is 7.11 Å². The fraction of sp³-hybridized carbons (Fsp3) is 0.304. The number of aromatic nitrogens is 5. The smallest absolute Gasteiger partial charge is 0.226 e. The summed E-state index contributed by atoms with van der Waals surface area (Å²) in [6.07, 6.45) is 0. The van der Waals surface area contributed by atoms with Crippen molar-refractivity contribution in [2.45, 2.75) is 44.0 Å². The SMILES string of the molecule is COc1ccc(-n2c(SCc3nnc(C)o3)nnc2-c2ccc(C(C)(C)C)cc2)cc1. The number of methoxy groups -OCH3 is 1. The van der Waals surface area contributed by atoms with Gasteiger partial charge < -0.3 is 9.15 Å². The second-order valence-electron chi connectivity index (χ2n) is 8.17. The molecule has 0 aliphatic rings. The van der Waals surface area contributed by atoms with E-state index in [2.05, 4.69) is 65.4 Å². The van der Waals surface area contributed by atoms with Gasteiger partial charge in [-0.25, -0.2) is 0 Å². The van der Waals surface area contributed by atoms with E-state index in [9.17, 15) is 0 Å². The van der Waals surface area contributed by atoms with Crippen molar-refractivity contribution >= 4 is 11.8 Å². The molecule has 0 spiro atoms. The second kappa shape index (κ2) is 8.55. The highest BCUT2D eigenvalue weighted by Crippen LogP contribution is 2.31. The van der Waals surface area contributed by atoms with Crippen molar-refractivity contribution in [1.29, 1.82) is 0 Å². The van der Waals surface area contributed by atoms with Crippen LogP contribution in [-0.4, -0.2) is 32.1 Å². The molecule has 160 valence electrons. The molecular formula is C23H25N5O2S. The minimum Gasteiger partial charge on any atom is -0.497 e. The van der Waals surface area contributed by atoms with E-state index in [-0.39, 0.29) is 5.41 Å². The lowest BCUT2D eigenvalue weighted by molar-refractivity contribution is 0.414. The summed E-state index contributed by atoms with van der Waals surface area (Å²) in [5.41, 5.74) is 3.31. The molecule has 31 heavy (non-hydrogen) atoms. The van der Waals surface area contributed by atoms with E-state index in [4.69, 9.17) is 9.15 Å². The van der Waals surface area contributed by atoms with E-state index in [0.29, 0.717) is 17.5 Å². The van der Waals surface area contributed by atoms with E-state index in [1.165, 1.54) is 17.3 Å². The highest BCUT2D eigenvalue weighted by Gasteiger charge is 2.19. The molecule has 0 aliphatic heterocycles. The Kier molecular flexibility index (Phi) is 5.82. The highest BCUT2D eigenvalue weighted by atomic mass is 32.2. The van der Waals surface area contributed by atoms with E-state index in [1.54, 1.807) is 14.0 Å². The van der Waals surface area contributed by atoms with Crippen LogP contribution in [0.4, 0.5) is 0 Å². The van der Waals surface area contributed by atoms with Crippen LogP contribution in [0.25, 0.3) is 17.1 Å². The van der Waals surface area contributed by atoms with Gasteiger partial charge in [0.15, 0.2) is 11.0 Å². The van der Waals surface area contributed by atoms with Crippen molar-refractivity contribution in [3.8, 4) is 22.8 Å². The highest BCUT2D eigenvalue weighted by molar-refractivity contribution is 7.98. The van der Waals surface area contributed by atoms with Crippen molar-refractivity contribution in [3.05, 3.63) is 65.9 Å². The molecular weight excluding hydrogens is 410 g/mol. The van der Waals surface area contributed by atoms with Crippen molar-refractivity contribution in [3.63, 3.8) is 0 Å². The minimum atomic E-state index is 0.0887.